The maximum atomic E-state index is 12.9. The zero-order valence-corrected chi connectivity index (χ0v) is 9.30. The molecule has 1 aromatic carbocycles. The van der Waals surface area contributed by atoms with Gasteiger partial charge in [-0.3, -0.25) is 15.0 Å². The number of hydrogen-bond acceptors (Lipinski definition) is 3. The number of amides is 2. The first kappa shape index (κ1) is 12.4. The van der Waals surface area contributed by atoms with Gasteiger partial charge in [0, 0.05) is 18.2 Å². The molecule has 1 fully saturated rings. The summed E-state index contributed by atoms with van der Waals surface area (Å²) in [6.07, 6.45) is 0.588. The fourth-order valence-electron chi connectivity index (χ4n) is 1.58. The highest BCUT2D eigenvalue weighted by molar-refractivity contribution is 5.95. The molecular formula is C11H11F2N3O2. The normalized spacial score (nSPS) is 19.2. The number of carbonyl (C=O) groups is 2. The van der Waals surface area contributed by atoms with Gasteiger partial charge in [-0.05, 0) is 18.6 Å². The number of hydrazine groups is 1. The summed E-state index contributed by atoms with van der Waals surface area (Å²) in [6.45, 7) is 0. The summed E-state index contributed by atoms with van der Waals surface area (Å²) in [4.78, 5) is 22.6. The minimum absolute atomic E-state index is 0.164. The molecule has 0 bridgehead atoms. The fraction of sp³-hybridized carbons (Fsp3) is 0.273. The standard InChI is InChI=1S/C11H11F2N3O2/c12-7-2-1-6(5-8(7)13)14-11(18)9-3-4-10(17)16-15-9/h1-2,5,9,15H,3-4H2,(H,14,18)(H,16,17). The molecule has 1 saturated heterocycles. The molecule has 1 aliphatic heterocycles. The van der Waals surface area contributed by atoms with Gasteiger partial charge in [-0.25, -0.2) is 14.2 Å². The van der Waals surface area contributed by atoms with Crippen molar-refractivity contribution in [2.24, 2.45) is 0 Å². The highest BCUT2D eigenvalue weighted by Gasteiger charge is 2.24. The molecule has 18 heavy (non-hydrogen) atoms. The van der Waals surface area contributed by atoms with E-state index in [-0.39, 0.29) is 18.0 Å². The van der Waals surface area contributed by atoms with Crippen molar-refractivity contribution in [2.75, 3.05) is 5.32 Å². The lowest BCUT2D eigenvalue weighted by molar-refractivity contribution is -0.126. The Bertz CT molecular complexity index is 483. The smallest absolute Gasteiger partial charge is 0.243 e. The zero-order valence-electron chi connectivity index (χ0n) is 9.30. The molecule has 1 heterocycles. The molecule has 0 aromatic heterocycles. The number of benzene rings is 1. The van der Waals surface area contributed by atoms with Crippen LogP contribution in [-0.4, -0.2) is 17.9 Å². The zero-order chi connectivity index (χ0) is 13.1. The first-order valence-corrected chi connectivity index (χ1v) is 5.36. The number of carbonyl (C=O) groups excluding carboxylic acids is 2. The van der Waals surface area contributed by atoms with Gasteiger partial charge in [0.15, 0.2) is 11.6 Å². The summed E-state index contributed by atoms with van der Waals surface area (Å²) in [7, 11) is 0. The number of anilines is 1. The van der Waals surface area contributed by atoms with Crippen LogP contribution in [0.25, 0.3) is 0 Å². The minimum Gasteiger partial charge on any atom is -0.325 e. The molecule has 0 radical (unpaired) electrons. The van der Waals surface area contributed by atoms with E-state index < -0.39 is 23.6 Å². The first-order valence-electron chi connectivity index (χ1n) is 5.36. The van der Waals surface area contributed by atoms with Crippen molar-refractivity contribution in [2.45, 2.75) is 18.9 Å². The largest absolute Gasteiger partial charge is 0.325 e. The Morgan fingerprint density at radius 1 is 1.33 bits per heavy atom. The molecular weight excluding hydrogens is 244 g/mol. The Balaban J connectivity index is 1.98. The summed E-state index contributed by atoms with van der Waals surface area (Å²) < 4.78 is 25.6. The molecule has 2 amide bonds. The van der Waals surface area contributed by atoms with Gasteiger partial charge in [0.2, 0.25) is 11.8 Å². The quantitative estimate of drug-likeness (QED) is 0.728. The lowest BCUT2D eigenvalue weighted by Crippen LogP contribution is -2.54. The third-order valence-corrected chi connectivity index (χ3v) is 2.55. The van der Waals surface area contributed by atoms with Gasteiger partial charge in [-0.15, -0.1) is 0 Å². The molecule has 0 spiro atoms. The van der Waals surface area contributed by atoms with E-state index in [1.165, 1.54) is 6.07 Å². The van der Waals surface area contributed by atoms with Crippen LogP contribution >= 0.6 is 0 Å². The summed E-state index contributed by atoms with van der Waals surface area (Å²) >= 11 is 0. The average molecular weight is 255 g/mol. The van der Waals surface area contributed by atoms with Crippen molar-refractivity contribution in [3.63, 3.8) is 0 Å². The van der Waals surface area contributed by atoms with E-state index in [9.17, 15) is 18.4 Å². The van der Waals surface area contributed by atoms with Crippen molar-refractivity contribution in [1.29, 1.82) is 0 Å². The highest BCUT2D eigenvalue weighted by atomic mass is 19.2. The van der Waals surface area contributed by atoms with Crippen LogP contribution in [-0.2, 0) is 9.59 Å². The van der Waals surface area contributed by atoms with Crippen molar-refractivity contribution in [3.05, 3.63) is 29.8 Å². The molecule has 1 aliphatic rings. The number of hydrogen-bond donors (Lipinski definition) is 3. The predicted octanol–water partition coefficient (Wildman–Crippen LogP) is 0.687. The monoisotopic (exact) mass is 255 g/mol. The van der Waals surface area contributed by atoms with E-state index in [4.69, 9.17) is 0 Å². The van der Waals surface area contributed by atoms with Gasteiger partial charge in [0.1, 0.15) is 6.04 Å². The van der Waals surface area contributed by atoms with Gasteiger partial charge in [0.05, 0.1) is 0 Å². The van der Waals surface area contributed by atoms with Crippen molar-refractivity contribution in [3.8, 4) is 0 Å². The van der Waals surface area contributed by atoms with Crippen molar-refractivity contribution >= 4 is 17.5 Å². The molecule has 0 saturated carbocycles. The second-order valence-electron chi connectivity index (χ2n) is 3.90. The Morgan fingerprint density at radius 3 is 2.72 bits per heavy atom. The summed E-state index contributed by atoms with van der Waals surface area (Å²) in [5, 5.41) is 2.44. The van der Waals surface area contributed by atoms with Crippen LogP contribution in [0.2, 0.25) is 0 Å². The van der Waals surface area contributed by atoms with E-state index in [2.05, 4.69) is 16.2 Å². The Hall–Kier alpha value is -2.02. The maximum absolute atomic E-state index is 12.9. The van der Waals surface area contributed by atoms with Gasteiger partial charge < -0.3 is 5.32 Å². The van der Waals surface area contributed by atoms with E-state index in [1.807, 2.05) is 0 Å². The Labute approximate surface area is 102 Å². The third-order valence-electron chi connectivity index (χ3n) is 2.55. The molecule has 0 aliphatic carbocycles. The topological polar surface area (TPSA) is 70.2 Å². The summed E-state index contributed by atoms with van der Waals surface area (Å²) in [5.41, 5.74) is 5.04. The van der Waals surface area contributed by atoms with E-state index in [1.54, 1.807) is 0 Å². The number of rotatable bonds is 2. The number of halogens is 2. The molecule has 3 N–H and O–H groups in total. The van der Waals surface area contributed by atoms with Crippen molar-refractivity contribution < 1.29 is 18.4 Å². The van der Waals surface area contributed by atoms with Gasteiger partial charge in [-0.2, -0.15) is 0 Å². The lowest BCUT2D eigenvalue weighted by atomic mass is 10.1. The molecule has 1 unspecified atom stereocenters. The van der Waals surface area contributed by atoms with E-state index >= 15 is 0 Å². The van der Waals surface area contributed by atoms with Crippen LogP contribution in [0.3, 0.4) is 0 Å². The Morgan fingerprint density at radius 2 is 2.11 bits per heavy atom. The van der Waals surface area contributed by atoms with Crippen LogP contribution in [0.5, 0.6) is 0 Å². The van der Waals surface area contributed by atoms with E-state index in [0.717, 1.165) is 12.1 Å². The van der Waals surface area contributed by atoms with Crippen LogP contribution in [0, 0.1) is 11.6 Å². The van der Waals surface area contributed by atoms with Gasteiger partial charge in [-0.1, -0.05) is 0 Å². The van der Waals surface area contributed by atoms with Crippen LogP contribution in [0.4, 0.5) is 14.5 Å². The van der Waals surface area contributed by atoms with Crippen LogP contribution in [0.1, 0.15) is 12.8 Å². The maximum Gasteiger partial charge on any atom is 0.243 e. The highest BCUT2D eigenvalue weighted by Crippen LogP contribution is 2.14. The average Bonchev–Trinajstić information content (AvgIpc) is 2.34. The molecule has 7 heteroatoms. The van der Waals surface area contributed by atoms with Crippen molar-refractivity contribution in [1.82, 2.24) is 10.9 Å². The third kappa shape index (κ3) is 2.80. The van der Waals surface area contributed by atoms with Gasteiger partial charge >= 0.3 is 0 Å². The SMILES string of the molecule is O=C1CCC(C(=O)Nc2ccc(F)c(F)c2)NN1. The first-order chi connectivity index (χ1) is 8.56. The minimum atomic E-state index is -1.03. The summed E-state index contributed by atoms with van der Waals surface area (Å²) in [6, 6.07) is 2.50. The van der Waals surface area contributed by atoms with Gasteiger partial charge in [0.25, 0.3) is 0 Å². The predicted molar refractivity (Wildman–Crippen MR) is 59.3 cm³/mol. The second kappa shape index (κ2) is 5.09. The van der Waals surface area contributed by atoms with E-state index in [0.29, 0.717) is 6.42 Å². The lowest BCUT2D eigenvalue weighted by Gasteiger charge is -2.22. The van der Waals surface area contributed by atoms with Crippen LogP contribution in [0.15, 0.2) is 18.2 Å². The molecule has 5 nitrogen and oxygen atoms in total. The molecule has 96 valence electrons. The fourth-order valence-corrected chi connectivity index (χ4v) is 1.58. The van der Waals surface area contributed by atoms with Crippen LogP contribution < -0.4 is 16.2 Å². The molecule has 2 rings (SSSR count). The molecule has 1 aromatic rings. The summed E-state index contributed by atoms with van der Waals surface area (Å²) in [5.74, 6) is -2.61. The second-order valence-corrected chi connectivity index (χ2v) is 3.90. The number of nitrogens with one attached hydrogen (secondary N) is 3. The Kier molecular flexibility index (Phi) is 3.52. The molecule has 1 atom stereocenters.